The zero-order chi connectivity index (χ0) is 17.4. The molecule has 0 atom stereocenters. The molecule has 0 aromatic rings. The van der Waals surface area contributed by atoms with Crippen molar-refractivity contribution in [2.75, 3.05) is 20.0 Å². The van der Waals surface area contributed by atoms with E-state index < -0.39 is 11.9 Å². The molecule has 0 aliphatic rings. The van der Waals surface area contributed by atoms with Crippen LogP contribution in [0.2, 0.25) is 0 Å². The molecule has 0 radical (unpaired) electrons. The first-order valence-corrected chi connectivity index (χ1v) is 7.03. The number of hydrogen-bond acceptors (Lipinski definition) is 8. The van der Waals surface area contributed by atoms with Gasteiger partial charge in [0.2, 0.25) is 6.79 Å². The van der Waals surface area contributed by atoms with Gasteiger partial charge in [-0.1, -0.05) is 13.8 Å². The Balaban J connectivity index is 0. The van der Waals surface area contributed by atoms with Gasteiger partial charge in [-0.2, -0.15) is 0 Å². The summed E-state index contributed by atoms with van der Waals surface area (Å²) in [6, 6.07) is 0. The third-order valence-corrected chi connectivity index (χ3v) is 1.92. The summed E-state index contributed by atoms with van der Waals surface area (Å²) >= 11 is 0. The molecule has 0 saturated heterocycles. The van der Waals surface area contributed by atoms with Crippen molar-refractivity contribution >= 4 is 23.9 Å². The molecular weight excluding hydrogens is 296 g/mol. The van der Waals surface area contributed by atoms with Gasteiger partial charge in [0.15, 0.2) is 0 Å². The van der Waals surface area contributed by atoms with Gasteiger partial charge in [0.1, 0.15) is 6.42 Å². The normalized spacial score (nSPS) is 8.91. The van der Waals surface area contributed by atoms with Gasteiger partial charge in [0.25, 0.3) is 0 Å². The summed E-state index contributed by atoms with van der Waals surface area (Å²) in [6.07, 6.45) is 0.301. The van der Waals surface area contributed by atoms with Crippen LogP contribution in [0.4, 0.5) is 0 Å². The largest absolute Gasteiger partial charge is 0.466 e. The van der Waals surface area contributed by atoms with E-state index in [2.05, 4.69) is 18.9 Å². The van der Waals surface area contributed by atoms with Gasteiger partial charge in [0.05, 0.1) is 13.2 Å². The van der Waals surface area contributed by atoms with Crippen LogP contribution in [0.25, 0.3) is 0 Å². The van der Waals surface area contributed by atoms with Crippen molar-refractivity contribution in [2.24, 2.45) is 0 Å². The highest BCUT2D eigenvalue weighted by molar-refractivity contribution is 5.91. The molecule has 0 rings (SSSR count). The van der Waals surface area contributed by atoms with Crippen LogP contribution in [0.1, 0.15) is 47.0 Å². The van der Waals surface area contributed by atoms with Gasteiger partial charge >= 0.3 is 23.9 Å². The summed E-state index contributed by atoms with van der Waals surface area (Å²) in [5.41, 5.74) is 0. The monoisotopic (exact) mass is 320 g/mol. The number of carbonyl (C=O) groups excluding carboxylic acids is 4. The summed E-state index contributed by atoms with van der Waals surface area (Å²) in [6.45, 7) is 7.02. The van der Waals surface area contributed by atoms with Crippen molar-refractivity contribution in [1.82, 2.24) is 0 Å². The van der Waals surface area contributed by atoms with E-state index in [4.69, 9.17) is 0 Å². The van der Waals surface area contributed by atoms with Crippen LogP contribution in [-0.4, -0.2) is 43.9 Å². The highest BCUT2D eigenvalue weighted by atomic mass is 16.7. The molecule has 0 aliphatic heterocycles. The molecule has 0 heterocycles. The zero-order valence-electron chi connectivity index (χ0n) is 13.5. The molecule has 0 aromatic carbocycles. The smallest absolute Gasteiger partial charge is 0.317 e. The van der Waals surface area contributed by atoms with Crippen molar-refractivity contribution in [2.45, 2.75) is 47.0 Å². The Kier molecular flexibility index (Phi) is 15.4. The SMILES string of the molecule is CCC(=O)OCOC(=O)CC.CCOC(=O)CC(=O)OCC. The average Bonchev–Trinajstić information content (AvgIpc) is 2.47. The Hall–Kier alpha value is -2.12. The van der Waals surface area contributed by atoms with Gasteiger partial charge in [-0.15, -0.1) is 0 Å². The lowest BCUT2D eigenvalue weighted by Gasteiger charge is -2.02. The number of esters is 4. The van der Waals surface area contributed by atoms with Crippen LogP contribution in [0, 0.1) is 0 Å². The summed E-state index contributed by atoms with van der Waals surface area (Å²) in [4.78, 5) is 42.1. The molecule has 0 saturated carbocycles. The fourth-order valence-corrected chi connectivity index (χ4v) is 0.907. The maximum Gasteiger partial charge on any atom is 0.317 e. The fraction of sp³-hybridized carbons (Fsp3) is 0.714. The van der Waals surface area contributed by atoms with Crippen molar-refractivity contribution < 1.29 is 38.1 Å². The van der Waals surface area contributed by atoms with Crippen molar-refractivity contribution in [3.63, 3.8) is 0 Å². The second-order valence-corrected chi connectivity index (χ2v) is 3.64. The molecule has 0 amide bonds. The molecule has 22 heavy (non-hydrogen) atoms. The summed E-state index contributed by atoms with van der Waals surface area (Å²) in [5.74, 6) is -1.81. The summed E-state index contributed by atoms with van der Waals surface area (Å²) in [7, 11) is 0. The van der Waals surface area contributed by atoms with Crippen molar-refractivity contribution in [1.29, 1.82) is 0 Å². The third kappa shape index (κ3) is 15.9. The molecule has 8 nitrogen and oxygen atoms in total. The van der Waals surface area contributed by atoms with Gasteiger partial charge in [-0.25, -0.2) is 0 Å². The molecule has 8 heteroatoms. The van der Waals surface area contributed by atoms with E-state index in [1.165, 1.54) is 0 Å². The molecule has 128 valence electrons. The minimum Gasteiger partial charge on any atom is -0.466 e. The van der Waals surface area contributed by atoms with Crippen LogP contribution in [0.5, 0.6) is 0 Å². The lowest BCUT2D eigenvalue weighted by molar-refractivity contribution is -0.166. The predicted molar refractivity (Wildman–Crippen MR) is 75.5 cm³/mol. The fourth-order valence-electron chi connectivity index (χ4n) is 0.907. The average molecular weight is 320 g/mol. The van der Waals surface area contributed by atoms with E-state index in [9.17, 15) is 19.2 Å². The predicted octanol–water partition coefficient (Wildman–Crippen LogP) is 1.35. The van der Waals surface area contributed by atoms with E-state index in [1.807, 2.05) is 0 Å². The first kappa shape index (κ1) is 22.2. The van der Waals surface area contributed by atoms with E-state index in [1.54, 1.807) is 27.7 Å². The molecule has 0 spiro atoms. The first-order chi connectivity index (χ1) is 10.4. The molecule has 0 aromatic heterocycles. The van der Waals surface area contributed by atoms with Crippen molar-refractivity contribution in [3.05, 3.63) is 0 Å². The topological polar surface area (TPSA) is 105 Å². The van der Waals surface area contributed by atoms with E-state index in [0.29, 0.717) is 12.8 Å². The lowest BCUT2D eigenvalue weighted by atomic mass is 10.4. The molecular formula is C14H24O8. The molecule has 0 unspecified atom stereocenters. The molecule has 0 aliphatic carbocycles. The van der Waals surface area contributed by atoms with Crippen LogP contribution >= 0.6 is 0 Å². The van der Waals surface area contributed by atoms with E-state index in [-0.39, 0.29) is 38.4 Å². The highest BCUT2D eigenvalue weighted by Crippen LogP contribution is 1.90. The Morgan fingerprint density at radius 2 is 0.955 bits per heavy atom. The van der Waals surface area contributed by atoms with Gasteiger partial charge in [-0.3, -0.25) is 19.2 Å². The minimum absolute atomic E-state index is 0.265. The maximum atomic E-state index is 10.6. The van der Waals surface area contributed by atoms with Crippen LogP contribution in [0.3, 0.4) is 0 Å². The number of rotatable bonds is 8. The van der Waals surface area contributed by atoms with E-state index >= 15 is 0 Å². The van der Waals surface area contributed by atoms with E-state index in [0.717, 1.165) is 0 Å². The maximum absolute atomic E-state index is 10.6. The zero-order valence-corrected chi connectivity index (χ0v) is 13.5. The number of carbonyl (C=O) groups is 4. The second kappa shape index (κ2) is 15.3. The Morgan fingerprint density at radius 1 is 0.591 bits per heavy atom. The quantitative estimate of drug-likeness (QED) is 0.286. The third-order valence-electron chi connectivity index (χ3n) is 1.92. The molecule has 0 bridgehead atoms. The Labute approximate surface area is 130 Å². The standard InChI is InChI=1S/2C7H12O4/c1-3-10-6(8)5-7(9)11-4-2;1-3-6(8)10-5-11-7(9)4-2/h2*3-5H2,1-2H3. The first-order valence-electron chi connectivity index (χ1n) is 7.03. The van der Waals surface area contributed by atoms with Crippen molar-refractivity contribution in [3.8, 4) is 0 Å². The number of hydrogen-bond donors (Lipinski definition) is 0. The van der Waals surface area contributed by atoms with Gasteiger partial charge < -0.3 is 18.9 Å². The van der Waals surface area contributed by atoms with Gasteiger partial charge in [-0.05, 0) is 13.8 Å². The van der Waals surface area contributed by atoms with Crippen LogP contribution < -0.4 is 0 Å². The Morgan fingerprint density at radius 3 is 1.23 bits per heavy atom. The molecule has 0 fully saturated rings. The Bertz CT molecular complexity index is 319. The minimum atomic E-state index is -0.536. The highest BCUT2D eigenvalue weighted by Gasteiger charge is 2.09. The van der Waals surface area contributed by atoms with Gasteiger partial charge in [0, 0.05) is 12.8 Å². The second-order valence-electron chi connectivity index (χ2n) is 3.64. The van der Waals surface area contributed by atoms with Crippen LogP contribution in [0.15, 0.2) is 0 Å². The number of ether oxygens (including phenoxy) is 4. The summed E-state index contributed by atoms with van der Waals surface area (Å²) in [5, 5.41) is 0. The van der Waals surface area contributed by atoms with Crippen LogP contribution in [-0.2, 0) is 38.1 Å². The molecule has 0 N–H and O–H groups in total. The summed E-state index contributed by atoms with van der Waals surface area (Å²) < 4.78 is 18.0. The lowest BCUT2D eigenvalue weighted by Crippen LogP contribution is -2.13.